The first-order chi connectivity index (χ1) is 13.6. The first kappa shape index (κ1) is 19.5. The molecular weight excluding hydrogens is 354 g/mol. The molecule has 0 aromatic heterocycles. The molecule has 1 N–H and O–H groups in total. The van der Waals surface area contributed by atoms with Crippen molar-refractivity contribution in [2.24, 2.45) is 0 Å². The molecule has 0 saturated carbocycles. The third-order valence-corrected chi connectivity index (χ3v) is 6.54. The van der Waals surface area contributed by atoms with Crippen LogP contribution in [0.25, 0.3) is 0 Å². The second-order valence-electron chi connectivity index (χ2n) is 8.46. The summed E-state index contributed by atoms with van der Waals surface area (Å²) in [6.45, 7) is 8.21. The second kappa shape index (κ2) is 8.70. The number of nitrogens with zero attached hydrogens (tertiary/aromatic N) is 2. The van der Waals surface area contributed by atoms with Crippen LogP contribution in [0.4, 0.5) is 5.69 Å². The number of ether oxygens (including phenoxy) is 2. The van der Waals surface area contributed by atoms with E-state index in [1.165, 1.54) is 25.1 Å². The Labute approximate surface area is 168 Å². The van der Waals surface area contributed by atoms with E-state index in [4.69, 9.17) is 9.47 Å². The van der Waals surface area contributed by atoms with Crippen LogP contribution in [-0.2, 0) is 9.53 Å². The first-order valence-corrected chi connectivity index (χ1v) is 10.8. The van der Waals surface area contributed by atoms with Crippen LogP contribution in [0.2, 0.25) is 0 Å². The summed E-state index contributed by atoms with van der Waals surface area (Å²) in [6.07, 6.45) is 5.64. The van der Waals surface area contributed by atoms with Crippen molar-refractivity contribution >= 4 is 11.6 Å². The van der Waals surface area contributed by atoms with Crippen molar-refractivity contribution in [3.05, 3.63) is 24.3 Å². The minimum Gasteiger partial charge on any atom is -0.494 e. The van der Waals surface area contributed by atoms with Gasteiger partial charge in [-0.05, 0) is 69.8 Å². The lowest BCUT2D eigenvalue weighted by Gasteiger charge is -2.44. The Hall–Kier alpha value is -1.79. The average Bonchev–Trinajstić information content (AvgIpc) is 3.14. The van der Waals surface area contributed by atoms with Crippen LogP contribution in [-0.4, -0.2) is 68.4 Å². The van der Waals surface area contributed by atoms with E-state index >= 15 is 0 Å². The molecule has 3 fully saturated rings. The van der Waals surface area contributed by atoms with Gasteiger partial charge in [0.05, 0.1) is 12.2 Å². The number of hydrogen-bond donors (Lipinski definition) is 1. The molecule has 3 aliphatic heterocycles. The number of benzene rings is 1. The number of anilines is 1. The molecule has 4 rings (SSSR count). The Morgan fingerprint density at radius 2 is 2.00 bits per heavy atom. The lowest BCUT2D eigenvalue weighted by molar-refractivity contribution is -0.146. The van der Waals surface area contributed by atoms with Gasteiger partial charge in [0, 0.05) is 37.9 Å². The topological polar surface area (TPSA) is 54.0 Å². The highest BCUT2D eigenvalue weighted by Crippen LogP contribution is 2.31. The SMILES string of the molecule is C[C@@H]1CCCN1CCCOc1ccc(N2CCC3(CC2)CNC(=O)CO3)cc1. The van der Waals surface area contributed by atoms with E-state index in [9.17, 15) is 4.79 Å². The van der Waals surface area contributed by atoms with Crippen molar-refractivity contribution < 1.29 is 14.3 Å². The fourth-order valence-corrected chi connectivity index (χ4v) is 4.61. The number of hydrogen-bond acceptors (Lipinski definition) is 5. The predicted molar refractivity (Wildman–Crippen MR) is 110 cm³/mol. The maximum atomic E-state index is 11.3. The normalized spacial score (nSPS) is 25.1. The minimum absolute atomic E-state index is 0.00131. The Morgan fingerprint density at radius 3 is 2.64 bits per heavy atom. The molecule has 6 nitrogen and oxygen atoms in total. The van der Waals surface area contributed by atoms with E-state index < -0.39 is 0 Å². The minimum atomic E-state index is -0.166. The summed E-state index contributed by atoms with van der Waals surface area (Å²) in [7, 11) is 0. The summed E-state index contributed by atoms with van der Waals surface area (Å²) >= 11 is 0. The molecule has 1 aromatic carbocycles. The number of morpholine rings is 1. The molecule has 1 aromatic rings. The van der Waals surface area contributed by atoms with Gasteiger partial charge in [-0.2, -0.15) is 0 Å². The molecule has 3 heterocycles. The lowest BCUT2D eigenvalue weighted by Crippen LogP contribution is -2.57. The summed E-state index contributed by atoms with van der Waals surface area (Å²) in [5.74, 6) is 0.948. The van der Waals surface area contributed by atoms with Gasteiger partial charge >= 0.3 is 0 Å². The van der Waals surface area contributed by atoms with Crippen LogP contribution >= 0.6 is 0 Å². The molecule has 6 heteroatoms. The third kappa shape index (κ3) is 4.61. The quantitative estimate of drug-likeness (QED) is 0.760. The molecular formula is C22H33N3O3. The van der Waals surface area contributed by atoms with E-state index in [0.29, 0.717) is 6.54 Å². The van der Waals surface area contributed by atoms with Gasteiger partial charge in [0.15, 0.2) is 0 Å². The van der Waals surface area contributed by atoms with Gasteiger partial charge in [-0.3, -0.25) is 4.79 Å². The van der Waals surface area contributed by atoms with Crippen molar-refractivity contribution in [1.82, 2.24) is 10.2 Å². The zero-order valence-corrected chi connectivity index (χ0v) is 17.0. The maximum absolute atomic E-state index is 11.3. The molecule has 0 aliphatic carbocycles. The standard InChI is InChI=1S/C22H33N3O3/c1-18-4-2-11-24(18)12-3-15-27-20-7-5-19(6-8-20)25-13-9-22(10-14-25)17-23-21(26)16-28-22/h5-8,18H,2-4,9-17H2,1H3,(H,23,26)/t18-/m1/s1. The third-order valence-electron chi connectivity index (χ3n) is 6.54. The second-order valence-corrected chi connectivity index (χ2v) is 8.46. The number of amides is 1. The molecule has 3 saturated heterocycles. The van der Waals surface area contributed by atoms with Crippen molar-refractivity contribution in [1.29, 1.82) is 0 Å². The van der Waals surface area contributed by atoms with E-state index in [0.717, 1.165) is 57.3 Å². The summed E-state index contributed by atoms with van der Waals surface area (Å²) in [6, 6.07) is 9.20. The molecule has 0 bridgehead atoms. The van der Waals surface area contributed by atoms with Gasteiger partial charge in [-0.25, -0.2) is 0 Å². The number of rotatable bonds is 6. The van der Waals surface area contributed by atoms with Crippen LogP contribution in [0.1, 0.15) is 39.0 Å². The van der Waals surface area contributed by atoms with Crippen LogP contribution in [0.5, 0.6) is 5.75 Å². The van der Waals surface area contributed by atoms with E-state index in [-0.39, 0.29) is 18.1 Å². The van der Waals surface area contributed by atoms with Crippen LogP contribution in [0, 0.1) is 0 Å². The Morgan fingerprint density at radius 1 is 1.21 bits per heavy atom. The van der Waals surface area contributed by atoms with Crippen LogP contribution in [0.3, 0.4) is 0 Å². The summed E-state index contributed by atoms with van der Waals surface area (Å²) < 4.78 is 11.8. The monoisotopic (exact) mass is 387 g/mol. The zero-order chi connectivity index (χ0) is 19.4. The van der Waals surface area contributed by atoms with Crippen molar-refractivity contribution in [3.63, 3.8) is 0 Å². The van der Waals surface area contributed by atoms with Gasteiger partial charge in [0.2, 0.25) is 5.91 Å². The number of carbonyl (C=O) groups excluding carboxylic acids is 1. The largest absolute Gasteiger partial charge is 0.494 e. The number of nitrogens with one attached hydrogen (secondary N) is 1. The summed E-state index contributed by atoms with van der Waals surface area (Å²) in [5, 5.41) is 2.95. The Kier molecular flexibility index (Phi) is 6.07. The van der Waals surface area contributed by atoms with Gasteiger partial charge in [-0.15, -0.1) is 0 Å². The fraction of sp³-hybridized carbons (Fsp3) is 0.682. The molecule has 0 unspecified atom stereocenters. The smallest absolute Gasteiger partial charge is 0.246 e. The van der Waals surface area contributed by atoms with Gasteiger partial charge < -0.3 is 24.6 Å². The van der Waals surface area contributed by atoms with Crippen molar-refractivity contribution in [2.75, 3.05) is 50.8 Å². The van der Waals surface area contributed by atoms with Crippen molar-refractivity contribution in [2.45, 2.75) is 50.7 Å². The average molecular weight is 388 g/mol. The highest BCUT2D eigenvalue weighted by Gasteiger charge is 2.38. The van der Waals surface area contributed by atoms with Gasteiger partial charge in [0.1, 0.15) is 12.4 Å². The Balaban J connectivity index is 1.20. The molecule has 28 heavy (non-hydrogen) atoms. The molecule has 0 radical (unpaired) electrons. The zero-order valence-electron chi connectivity index (χ0n) is 17.0. The van der Waals surface area contributed by atoms with Crippen LogP contribution in [0.15, 0.2) is 24.3 Å². The van der Waals surface area contributed by atoms with E-state index in [2.05, 4.69) is 46.3 Å². The molecule has 1 amide bonds. The fourth-order valence-electron chi connectivity index (χ4n) is 4.61. The number of piperidine rings is 1. The van der Waals surface area contributed by atoms with Gasteiger partial charge in [-0.1, -0.05) is 0 Å². The summed E-state index contributed by atoms with van der Waals surface area (Å²) in [5.41, 5.74) is 1.06. The molecule has 154 valence electrons. The van der Waals surface area contributed by atoms with Crippen molar-refractivity contribution in [3.8, 4) is 5.75 Å². The lowest BCUT2D eigenvalue weighted by atomic mass is 9.89. The maximum Gasteiger partial charge on any atom is 0.246 e. The molecule has 1 atom stereocenters. The number of carbonyl (C=O) groups is 1. The Bertz CT molecular complexity index is 643. The molecule has 3 aliphatic rings. The highest BCUT2D eigenvalue weighted by molar-refractivity contribution is 5.78. The molecule has 1 spiro atoms. The van der Waals surface area contributed by atoms with E-state index in [1.807, 2.05) is 0 Å². The van der Waals surface area contributed by atoms with E-state index in [1.54, 1.807) is 0 Å². The summed E-state index contributed by atoms with van der Waals surface area (Å²) in [4.78, 5) is 16.3. The highest BCUT2D eigenvalue weighted by atomic mass is 16.5. The first-order valence-electron chi connectivity index (χ1n) is 10.8. The van der Waals surface area contributed by atoms with Gasteiger partial charge in [0.25, 0.3) is 0 Å². The number of likely N-dealkylation sites (tertiary alicyclic amines) is 1. The van der Waals surface area contributed by atoms with Crippen LogP contribution < -0.4 is 15.0 Å². The predicted octanol–water partition coefficient (Wildman–Crippen LogP) is 2.43.